The molecule has 3 nitrogen and oxygen atoms in total. The number of aryl methyl sites for hydroxylation is 1. The number of aliphatic imine (C=N–C) groups is 1. The minimum Gasteiger partial charge on any atom is -0.362 e. The molecule has 0 heterocycles. The first-order valence-electron chi connectivity index (χ1n) is 20.8. The van der Waals surface area contributed by atoms with Gasteiger partial charge < -0.3 is 10.2 Å². The first-order chi connectivity index (χ1) is 24.2. The predicted octanol–water partition coefficient (Wildman–Crippen LogP) is 14.7. The van der Waals surface area contributed by atoms with Crippen LogP contribution in [-0.2, 0) is 6.42 Å². The molecule has 0 bridgehead atoms. The first kappa shape index (κ1) is 51.6. The number of benzene rings is 2. The highest BCUT2D eigenvalue weighted by atomic mass is 15.1. The Labute approximate surface area is 314 Å². The lowest BCUT2D eigenvalue weighted by molar-refractivity contribution is 0.324. The number of rotatable bonds is 19. The number of nitrogens with one attached hydrogen (secondary N) is 1. The summed E-state index contributed by atoms with van der Waals surface area (Å²) < 4.78 is 0. The van der Waals surface area contributed by atoms with E-state index in [0.29, 0.717) is 0 Å². The summed E-state index contributed by atoms with van der Waals surface area (Å²) in [4.78, 5) is 6.46. The molecule has 0 saturated carbocycles. The van der Waals surface area contributed by atoms with Gasteiger partial charge in [-0.2, -0.15) is 0 Å². The van der Waals surface area contributed by atoms with Crippen molar-refractivity contribution in [1.82, 2.24) is 4.90 Å². The number of amidine groups is 1. The van der Waals surface area contributed by atoms with Crippen LogP contribution in [0.4, 0.5) is 5.69 Å². The molecule has 2 aromatic rings. The molecule has 0 aliphatic heterocycles. The van der Waals surface area contributed by atoms with Crippen molar-refractivity contribution in [3.63, 3.8) is 0 Å². The molecule has 0 aliphatic carbocycles. The molecule has 0 saturated heterocycles. The van der Waals surface area contributed by atoms with E-state index in [1.165, 1.54) is 102 Å². The van der Waals surface area contributed by atoms with Crippen LogP contribution >= 0.6 is 0 Å². The number of anilines is 1. The smallest absolute Gasteiger partial charge is 0.132 e. The van der Waals surface area contributed by atoms with Gasteiger partial charge in [0.1, 0.15) is 5.84 Å². The van der Waals surface area contributed by atoms with E-state index in [9.17, 15) is 0 Å². The van der Waals surface area contributed by atoms with Gasteiger partial charge in [-0.25, -0.2) is 0 Å². The van der Waals surface area contributed by atoms with Crippen molar-refractivity contribution in [2.45, 2.75) is 172 Å². The number of terminal acetylenes is 1. The number of para-hydroxylation sites is 1. The van der Waals surface area contributed by atoms with Crippen LogP contribution in [0.5, 0.6) is 0 Å². The fraction of sp³-hybridized carbons (Fsp3) is 0.681. The van der Waals surface area contributed by atoms with Crippen molar-refractivity contribution in [2.24, 2.45) is 22.7 Å². The molecule has 3 unspecified atom stereocenters. The average molecular weight is 692 g/mol. The Morgan fingerprint density at radius 3 is 1.76 bits per heavy atom. The first-order valence-corrected chi connectivity index (χ1v) is 20.8. The minimum absolute atomic E-state index is 0.748. The highest BCUT2D eigenvalue weighted by molar-refractivity contribution is 6.03. The second-order valence-corrected chi connectivity index (χ2v) is 13.7. The van der Waals surface area contributed by atoms with E-state index in [2.05, 4.69) is 102 Å². The summed E-state index contributed by atoms with van der Waals surface area (Å²) in [6.45, 7) is 25.0. The molecule has 3 heteroatoms. The van der Waals surface area contributed by atoms with E-state index in [1.807, 2.05) is 64.0 Å². The zero-order valence-corrected chi connectivity index (χ0v) is 35.7. The summed E-state index contributed by atoms with van der Waals surface area (Å²) in [5, 5.41) is 2.89. The largest absolute Gasteiger partial charge is 0.362 e. The van der Waals surface area contributed by atoms with Crippen molar-refractivity contribution < 1.29 is 0 Å². The van der Waals surface area contributed by atoms with E-state index >= 15 is 0 Å². The SMILES string of the molecule is C#CNc1ccccc1C(=NCC)N(C)C.CC.CCC.CCC(C)CCC(CC)CC(C)CC.CCCCCCCCCc1ccccc1. The van der Waals surface area contributed by atoms with Crippen molar-refractivity contribution in [3.05, 3.63) is 65.7 Å². The van der Waals surface area contributed by atoms with Crippen LogP contribution in [0.1, 0.15) is 177 Å². The normalized spacial score (nSPS) is 12.0. The molecule has 0 fully saturated rings. The van der Waals surface area contributed by atoms with Crippen LogP contribution in [0.3, 0.4) is 0 Å². The number of nitrogens with zero attached hydrogens (tertiary/aromatic N) is 2. The van der Waals surface area contributed by atoms with Gasteiger partial charge in [0.05, 0.1) is 5.69 Å². The molecule has 50 heavy (non-hydrogen) atoms. The summed E-state index contributed by atoms with van der Waals surface area (Å²) in [6.07, 6.45) is 26.0. The highest BCUT2D eigenvalue weighted by Gasteiger charge is 2.12. The van der Waals surface area contributed by atoms with E-state index in [0.717, 1.165) is 41.4 Å². The molecule has 288 valence electrons. The van der Waals surface area contributed by atoms with Crippen molar-refractivity contribution in [1.29, 1.82) is 0 Å². The Morgan fingerprint density at radius 2 is 1.26 bits per heavy atom. The third-order valence-corrected chi connectivity index (χ3v) is 8.79. The van der Waals surface area contributed by atoms with Gasteiger partial charge in [-0.1, -0.05) is 195 Å². The monoisotopic (exact) mass is 692 g/mol. The van der Waals surface area contributed by atoms with Crippen LogP contribution in [0.15, 0.2) is 59.6 Å². The summed E-state index contributed by atoms with van der Waals surface area (Å²) in [6, 6.07) is 21.1. The van der Waals surface area contributed by atoms with Crippen LogP contribution in [-0.4, -0.2) is 31.4 Å². The maximum Gasteiger partial charge on any atom is 0.132 e. The van der Waals surface area contributed by atoms with E-state index in [1.54, 1.807) is 0 Å². The zero-order chi connectivity index (χ0) is 38.4. The van der Waals surface area contributed by atoms with Crippen LogP contribution in [0, 0.1) is 30.2 Å². The Bertz CT molecular complexity index is 1020. The second kappa shape index (κ2) is 39.1. The quantitative estimate of drug-likeness (QED) is 0.0522. The van der Waals surface area contributed by atoms with Crippen molar-refractivity contribution >= 4 is 11.5 Å². The molecule has 2 aromatic carbocycles. The van der Waals surface area contributed by atoms with Gasteiger partial charge in [-0.3, -0.25) is 4.99 Å². The zero-order valence-electron chi connectivity index (χ0n) is 35.7. The molecule has 0 aromatic heterocycles. The molecule has 2 rings (SSSR count). The standard InChI is InChI=1S/C15H24.C14H30.C13H17N3.C3H8.C2H6/c1-2-3-4-5-6-7-9-12-15-13-10-8-11-14-15;1-6-12(4)9-10-14(8-3)11-13(5)7-2;1-5-14-12-10-8-7-9-11(12)13(15-6-2)16(3)4;1-3-2;1-2/h8,10-11,13-14H,2-7,9,12H2,1H3;12-14H,6-11H2,1-5H3;1,7-10,14H,6H2,2-4H3;3H2,1-2H3;1-2H3. The topological polar surface area (TPSA) is 27.6 Å². The van der Waals surface area contributed by atoms with Crippen molar-refractivity contribution in [3.8, 4) is 12.5 Å². The summed E-state index contributed by atoms with van der Waals surface area (Å²) in [7, 11) is 3.95. The van der Waals surface area contributed by atoms with Crippen LogP contribution < -0.4 is 5.32 Å². The third kappa shape index (κ3) is 30.1. The molecule has 1 N–H and O–H groups in total. The van der Waals surface area contributed by atoms with Gasteiger partial charge in [0.2, 0.25) is 0 Å². The molecule has 3 atom stereocenters. The number of hydrogen-bond acceptors (Lipinski definition) is 2. The van der Waals surface area contributed by atoms with Gasteiger partial charge in [-0.15, -0.1) is 0 Å². The maximum absolute atomic E-state index is 5.27. The molecular weight excluding hydrogens is 607 g/mol. The van der Waals surface area contributed by atoms with E-state index < -0.39 is 0 Å². The van der Waals surface area contributed by atoms with Crippen LogP contribution in [0.25, 0.3) is 0 Å². The second-order valence-electron chi connectivity index (χ2n) is 13.7. The fourth-order valence-electron chi connectivity index (χ4n) is 5.36. The Balaban J connectivity index is -0.000000622. The van der Waals surface area contributed by atoms with Gasteiger partial charge in [0.25, 0.3) is 0 Å². The van der Waals surface area contributed by atoms with E-state index in [4.69, 9.17) is 6.42 Å². The Hall–Kier alpha value is -2.73. The van der Waals surface area contributed by atoms with Crippen LogP contribution in [0.2, 0.25) is 0 Å². The number of hydrogen-bond donors (Lipinski definition) is 1. The average Bonchev–Trinajstić information content (AvgIpc) is 3.14. The van der Waals surface area contributed by atoms with E-state index in [-0.39, 0.29) is 0 Å². The minimum atomic E-state index is 0.748. The summed E-state index contributed by atoms with van der Waals surface area (Å²) >= 11 is 0. The molecule has 0 amide bonds. The fourth-order valence-corrected chi connectivity index (χ4v) is 5.36. The molecule has 0 radical (unpaired) electrons. The Morgan fingerprint density at radius 1 is 0.720 bits per heavy atom. The Kier molecular flexibility index (Phi) is 40.3. The highest BCUT2D eigenvalue weighted by Crippen LogP contribution is 2.25. The molecular formula is C47H85N3. The van der Waals surface area contributed by atoms with Gasteiger partial charge >= 0.3 is 0 Å². The van der Waals surface area contributed by atoms with Gasteiger partial charge in [0.15, 0.2) is 0 Å². The molecule has 0 spiro atoms. The predicted molar refractivity (Wildman–Crippen MR) is 232 cm³/mol. The number of unbranched alkanes of at least 4 members (excludes halogenated alkanes) is 6. The lowest BCUT2D eigenvalue weighted by Crippen LogP contribution is -2.24. The lowest BCUT2D eigenvalue weighted by atomic mass is 9.86. The van der Waals surface area contributed by atoms with Gasteiger partial charge in [0, 0.05) is 32.2 Å². The summed E-state index contributed by atoms with van der Waals surface area (Å²) in [5.41, 5.74) is 3.42. The third-order valence-electron chi connectivity index (χ3n) is 8.79. The van der Waals surface area contributed by atoms with Crippen molar-refractivity contribution in [2.75, 3.05) is 26.0 Å². The summed E-state index contributed by atoms with van der Waals surface area (Å²) in [5.74, 6) is 3.78. The van der Waals surface area contributed by atoms with Gasteiger partial charge in [-0.05, 0) is 61.6 Å². The maximum atomic E-state index is 5.27. The molecule has 0 aliphatic rings. The lowest BCUT2D eigenvalue weighted by Gasteiger charge is -2.20.